The van der Waals surface area contributed by atoms with E-state index in [1.807, 2.05) is 48.7 Å². The van der Waals surface area contributed by atoms with Crippen molar-refractivity contribution in [3.8, 4) is 16.5 Å². The van der Waals surface area contributed by atoms with Gasteiger partial charge in [-0.05, 0) is 40.4 Å². The lowest BCUT2D eigenvalue weighted by atomic mass is 10.2. The van der Waals surface area contributed by atoms with Gasteiger partial charge < -0.3 is 4.42 Å². The number of rotatable bonds is 5. The second kappa shape index (κ2) is 6.58. The van der Waals surface area contributed by atoms with E-state index in [0.29, 0.717) is 11.6 Å². The molecule has 0 atom stereocenters. The molecule has 0 saturated heterocycles. The van der Waals surface area contributed by atoms with Gasteiger partial charge in [0.1, 0.15) is 6.26 Å². The molecule has 120 valence electrons. The summed E-state index contributed by atoms with van der Waals surface area (Å²) in [4.78, 5) is 5.54. The van der Waals surface area contributed by atoms with Gasteiger partial charge in [-0.1, -0.05) is 36.0 Å². The number of aromatic nitrogens is 5. The van der Waals surface area contributed by atoms with Crippen molar-refractivity contribution in [3.63, 3.8) is 0 Å². The number of nitrogens with zero attached hydrogens (tertiary/aromatic N) is 5. The van der Waals surface area contributed by atoms with Crippen LogP contribution >= 0.6 is 23.1 Å². The molecule has 4 aromatic rings. The number of benzene rings is 1. The van der Waals surface area contributed by atoms with E-state index in [2.05, 4.69) is 20.5 Å². The summed E-state index contributed by atoms with van der Waals surface area (Å²) in [5.41, 5.74) is 2.96. The number of thioether (sulfide) groups is 1. The van der Waals surface area contributed by atoms with Crippen LogP contribution in [0.4, 0.5) is 0 Å². The number of tetrazole rings is 1. The van der Waals surface area contributed by atoms with Crippen LogP contribution in [-0.4, -0.2) is 25.2 Å². The summed E-state index contributed by atoms with van der Waals surface area (Å²) in [6.07, 6.45) is 1.68. The van der Waals surface area contributed by atoms with Crippen LogP contribution in [0.2, 0.25) is 0 Å². The Kier molecular flexibility index (Phi) is 4.14. The first kappa shape index (κ1) is 15.1. The average molecular weight is 355 g/mol. The molecule has 6 nitrogen and oxygen atoms in total. The molecule has 3 aromatic heterocycles. The molecule has 0 aliphatic heterocycles. The quantitative estimate of drug-likeness (QED) is 0.504. The van der Waals surface area contributed by atoms with Gasteiger partial charge >= 0.3 is 0 Å². The van der Waals surface area contributed by atoms with Crippen LogP contribution in [0.15, 0.2) is 57.6 Å². The molecule has 0 bridgehead atoms. The number of hydrogen-bond donors (Lipinski definition) is 0. The number of aryl methyl sites for hydroxylation is 1. The molecule has 0 fully saturated rings. The van der Waals surface area contributed by atoms with E-state index in [4.69, 9.17) is 4.42 Å². The predicted molar refractivity (Wildman–Crippen MR) is 93.3 cm³/mol. The van der Waals surface area contributed by atoms with Crippen LogP contribution in [0.1, 0.15) is 11.3 Å². The fourth-order valence-corrected chi connectivity index (χ4v) is 3.66. The highest BCUT2D eigenvalue weighted by atomic mass is 32.2. The topological polar surface area (TPSA) is 69.6 Å². The molecule has 3 heterocycles. The fraction of sp³-hybridized carbons (Fsp3) is 0.125. The van der Waals surface area contributed by atoms with E-state index in [1.165, 1.54) is 11.8 Å². The first-order valence-electron chi connectivity index (χ1n) is 7.27. The van der Waals surface area contributed by atoms with Gasteiger partial charge in [-0.25, -0.2) is 4.98 Å². The lowest BCUT2D eigenvalue weighted by Gasteiger charge is -2.06. The zero-order valence-corrected chi connectivity index (χ0v) is 14.4. The zero-order chi connectivity index (χ0) is 16.4. The normalized spacial score (nSPS) is 11.0. The molecule has 24 heavy (non-hydrogen) atoms. The minimum absolute atomic E-state index is 0.640. The summed E-state index contributed by atoms with van der Waals surface area (Å²) >= 11 is 3.14. The van der Waals surface area contributed by atoms with Crippen LogP contribution in [0.25, 0.3) is 16.5 Å². The maximum Gasteiger partial charge on any atom is 0.236 e. The van der Waals surface area contributed by atoms with E-state index in [9.17, 15) is 0 Å². The van der Waals surface area contributed by atoms with Crippen LogP contribution in [-0.2, 0) is 5.75 Å². The van der Waals surface area contributed by atoms with Crippen LogP contribution in [0, 0.1) is 6.92 Å². The number of para-hydroxylation sites is 1. The van der Waals surface area contributed by atoms with E-state index in [1.54, 1.807) is 22.3 Å². The highest BCUT2D eigenvalue weighted by Crippen LogP contribution is 2.27. The minimum atomic E-state index is 0.640. The number of hydrogen-bond acceptors (Lipinski definition) is 7. The summed E-state index contributed by atoms with van der Waals surface area (Å²) in [5, 5.41) is 14.7. The van der Waals surface area contributed by atoms with Gasteiger partial charge in [-0.15, -0.1) is 16.4 Å². The van der Waals surface area contributed by atoms with E-state index in [0.717, 1.165) is 27.0 Å². The molecule has 0 spiro atoms. The van der Waals surface area contributed by atoms with Crippen molar-refractivity contribution in [2.45, 2.75) is 17.8 Å². The monoisotopic (exact) mass is 355 g/mol. The molecular formula is C16H13N5OS2. The number of oxazole rings is 1. The molecule has 0 saturated carbocycles. The Morgan fingerprint density at radius 2 is 2.12 bits per heavy atom. The second-order valence-corrected chi connectivity index (χ2v) is 6.96. The lowest BCUT2D eigenvalue weighted by molar-refractivity contribution is 0.575. The van der Waals surface area contributed by atoms with Crippen LogP contribution in [0.3, 0.4) is 0 Å². The molecule has 0 radical (unpaired) electrons. The molecule has 0 unspecified atom stereocenters. The van der Waals surface area contributed by atoms with E-state index >= 15 is 0 Å². The minimum Gasteiger partial charge on any atom is -0.444 e. The fourth-order valence-electron chi connectivity index (χ4n) is 2.25. The summed E-state index contributed by atoms with van der Waals surface area (Å²) < 4.78 is 7.29. The Bertz CT molecular complexity index is 945. The van der Waals surface area contributed by atoms with Crippen molar-refractivity contribution in [1.29, 1.82) is 0 Å². The molecule has 1 aromatic carbocycles. The zero-order valence-electron chi connectivity index (χ0n) is 12.8. The van der Waals surface area contributed by atoms with Crippen molar-refractivity contribution in [2.75, 3.05) is 0 Å². The molecule has 8 heteroatoms. The third-order valence-electron chi connectivity index (χ3n) is 3.42. The van der Waals surface area contributed by atoms with Crippen molar-refractivity contribution in [1.82, 2.24) is 25.2 Å². The second-order valence-electron chi connectivity index (χ2n) is 5.07. The molecule has 4 rings (SSSR count). The van der Waals surface area contributed by atoms with Gasteiger partial charge in [-0.2, -0.15) is 4.68 Å². The van der Waals surface area contributed by atoms with Crippen molar-refractivity contribution in [3.05, 3.63) is 59.3 Å². The number of thiophene rings is 1. The summed E-state index contributed by atoms with van der Waals surface area (Å²) in [6.45, 7) is 2.04. The molecule has 0 aliphatic rings. The lowest BCUT2D eigenvalue weighted by Crippen LogP contribution is -2.01. The van der Waals surface area contributed by atoms with Gasteiger partial charge in [0, 0.05) is 5.75 Å². The third-order valence-corrected chi connectivity index (χ3v) is 5.23. The Morgan fingerprint density at radius 1 is 1.21 bits per heavy atom. The van der Waals surface area contributed by atoms with E-state index < -0.39 is 0 Å². The van der Waals surface area contributed by atoms with E-state index in [-0.39, 0.29) is 0 Å². The first-order valence-corrected chi connectivity index (χ1v) is 9.13. The van der Waals surface area contributed by atoms with Gasteiger partial charge in [0.2, 0.25) is 11.0 Å². The van der Waals surface area contributed by atoms with Crippen molar-refractivity contribution in [2.24, 2.45) is 0 Å². The Morgan fingerprint density at radius 3 is 2.96 bits per heavy atom. The Balaban J connectivity index is 1.52. The standard InChI is InChI=1S/C16H13N5OS2/c1-11-5-2-3-6-13(11)21-16(18-19-20-21)24-10-12-9-22-15(17-12)14-7-4-8-23-14/h2-9H,10H2,1H3. The Labute approximate surface area is 146 Å². The first-order chi connectivity index (χ1) is 11.8. The van der Waals surface area contributed by atoms with Gasteiger partial charge in [-0.3, -0.25) is 0 Å². The van der Waals surface area contributed by atoms with Crippen molar-refractivity contribution < 1.29 is 4.42 Å². The van der Waals surface area contributed by atoms with Crippen molar-refractivity contribution >= 4 is 23.1 Å². The average Bonchev–Trinajstić information content (AvgIpc) is 3.34. The highest BCUT2D eigenvalue weighted by Gasteiger charge is 2.13. The summed E-state index contributed by atoms with van der Waals surface area (Å²) in [6, 6.07) is 12.0. The predicted octanol–water partition coefficient (Wildman–Crippen LogP) is 3.98. The largest absolute Gasteiger partial charge is 0.444 e. The molecular weight excluding hydrogens is 342 g/mol. The highest BCUT2D eigenvalue weighted by molar-refractivity contribution is 7.98. The smallest absolute Gasteiger partial charge is 0.236 e. The SMILES string of the molecule is Cc1ccccc1-n1nnnc1SCc1coc(-c2cccs2)n1. The van der Waals surface area contributed by atoms with Crippen LogP contribution < -0.4 is 0 Å². The van der Waals surface area contributed by atoms with Gasteiger partial charge in [0.25, 0.3) is 0 Å². The Hall–Kier alpha value is -2.45. The third kappa shape index (κ3) is 2.98. The summed E-state index contributed by atoms with van der Waals surface area (Å²) in [5.74, 6) is 1.29. The molecule has 0 aliphatic carbocycles. The van der Waals surface area contributed by atoms with Gasteiger partial charge in [0.05, 0.1) is 16.3 Å². The maximum absolute atomic E-state index is 5.54. The summed E-state index contributed by atoms with van der Waals surface area (Å²) in [7, 11) is 0. The van der Waals surface area contributed by atoms with Crippen LogP contribution in [0.5, 0.6) is 0 Å². The van der Waals surface area contributed by atoms with Gasteiger partial charge in [0.15, 0.2) is 0 Å². The molecule has 0 amide bonds. The molecule has 0 N–H and O–H groups in total. The maximum atomic E-state index is 5.54.